The molecule has 4 rings (SSSR count). The Morgan fingerprint density at radius 2 is 1.76 bits per heavy atom. The highest BCUT2D eigenvalue weighted by atomic mass is 35.5. The SMILES string of the molecule is CN(c1cc(C(F)(F)F)nc2ccccc12)[C@H]1CC[C@@H](NC(=O)Cc2ccc(Cl)cc2)CC1. The molecular formula is C25H25ClF3N3O. The number of hydrogen-bond donors (Lipinski definition) is 1. The first kappa shape index (κ1) is 23.4. The number of hydrogen-bond acceptors (Lipinski definition) is 3. The lowest BCUT2D eigenvalue weighted by molar-refractivity contribution is -0.140. The van der Waals surface area contributed by atoms with Gasteiger partial charge in [-0.2, -0.15) is 13.2 Å². The number of carbonyl (C=O) groups is 1. The second-order valence-corrected chi connectivity index (χ2v) is 8.97. The molecule has 1 saturated carbocycles. The molecule has 1 fully saturated rings. The summed E-state index contributed by atoms with van der Waals surface area (Å²) in [4.78, 5) is 18.2. The van der Waals surface area contributed by atoms with Gasteiger partial charge in [-0.15, -0.1) is 0 Å². The zero-order valence-corrected chi connectivity index (χ0v) is 19.0. The van der Waals surface area contributed by atoms with E-state index in [0.717, 1.165) is 37.3 Å². The molecule has 0 spiro atoms. The molecule has 0 saturated heterocycles. The fourth-order valence-corrected chi connectivity index (χ4v) is 4.59. The van der Waals surface area contributed by atoms with Gasteiger partial charge in [0.2, 0.25) is 5.91 Å². The van der Waals surface area contributed by atoms with Gasteiger partial charge in [0, 0.05) is 35.2 Å². The third-order valence-electron chi connectivity index (χ3n) is 6.25. The Labute approximate surface area is 195 Å². The summed E-state index contributed by atoms with van der Waals surface area (Å²) in [5.41, 5.74) is 0.877. The predicted octanol–water partition coefficient (Wildman–Crippen LogP) is 6.01. The quantitative estimate of drug-likeness (QED) is 0.491. The van der Waals surface area contributed by atoms with Crippen molar-refractivity contribution >= 4 is 34.1 Å². The first-order valence-electron chi connectivity index (χ1n) is 10.9. The average molecular weight is 476 g/mol. The molecule has 174 valence electrons. The van der Waals surface area contributed by atoms with E-state index in [-0.39, 0.29) is 18.0 Å². The maximum Gasteiger partial charge on any atom is 0.433 e. The molecule has 0 unspecified atom stereocenters. The maximum atomic E-state index is 13.4. The summed E-state index contributed by atoms with van der Waals surface area (Å²) in [5.74, 6) is -0.0379. The normalized spacial score (nSPS) is 18.8. The molecule has 0 aliphatic heterocycles. The zero-order chi connectivity index (χ0) is 23.6. The lowest BCUT2D eigenvalue weighted by Crippen LogP contribution is -2.43. The second-order valence-electron chi connectivity index (χ2n) is 8.53. The Bertz CT molecular complexity index is 1130. The largest absolute Gasteiger partial charge is 0.433 e. The fraction of sp³-hybridized carbons (Fsp3) is 0.360. The Kier molecular flexibility index (Phi) is 6.79. The summed E-state index contributed by atoms with van der Waals surface area (Å²) in [7, 11) is 1.84. The molecule has 0 atom stereocenters. The lowest BCUT2D eigenvalue weighted by atomic mass is 9.89. The van der Waals surface area contributed by atoms with Crippen molar-refractivity contribution in [2.24, 2.45) is 0 Å². The number of amides is 1. The van der Waals surface area contributed by atoms with Crippen molar-refractivity contribution < 1.29 is 18.0 Å². The van der Waals surface area contributed by atoms with E-state index in [4.69, 9.17) is 11.6 Å². The second kappa shape index (κ2) is 9.59. The highest BCUT2D eigenvalue weighted by Gasteiger charge is 2.34. The number of fused-ring (bicyclic) bond motifs is 1. The molecule has 2 aromatic carbocycles. The molecule has 0 radical (unpaired) electrons. The standard InChI is InChI=1S/C25H25ClF3N3O/c1-32(22-15-23(25(27,28)29)31-21-5-3-2-4-20(21)22)19-12-10-18(11-13-19)30-24(33)14-16-6-8-17(26)9-7-16/h2-9,15,18-19H,10-14H2,1H3,(H,30,33)/t18-,19+. The molecule has 1 aliphatic carbocycles. The van der Waals surface area contributed by atoms with Gasteiger partial charge in [-0.05, 0) is 55.5 Å². The van der Waals surface area contributed by atoms with Crippen molar-refractivity contribution in [2.45, 2.75) is 50.4 Å². The van der Waals surface area contributed by atoms with Crippen molar-refractivity contribution in [3.63, 3.8) is 0 Å². The molecule has 8 heteroatoms. The molecule has 0 bridgehead atoms. The predicted molar refractivity (Wildman–Crippen MR) is 124 cm³/mol. The van der Waals surface area contributed by atoms with Crippen LogP contribution in [0.25, 0.3) is 10.9 Å². The Balaban J connectivity index is 1.41. The Morgan fingerprint density at radius 3 is 2.42 bits per heavy atom. The number of pyridine rings is 1. The van der Waals surface area contributed by atoms with E-state index >= 15 is 0 Å². The number of benzene rings is 2. The maximum absolute atomic E-state index is 13.4. The number of nitrogens with one attached hydrogen (secondary N) is 1. The van der Waals surface area contributed by atoms with Gasteiger partial charge >= 0.3 is 6.18 Å². The molecule has 1 N–H and O–H groups in total. The van der Waals surface area contributed by atoms with E-state index in [1.807, 2.05) is 30.1 Å². The van der Waals surface area contributed by atoms with Gasteiger partial charge in [0.15, 0.2) is 0 Å². The van der Waals surface area contributed by atoms with Crippen LogP contribution in [0.2, 0.25) is 5.02 Å². The number of carbonyl (C=O) groups excluding carboxylic acids is 1. The number of alkyl halides is 3. The van der Waals surface area contributed by atoms with Crippen molar-refractivity contribution in [3.05, 3.63) is 70.9 Å². The topological polar surface area (TPSA) is 45.2 Å². The first-order chi connectivity index (χ1) is 15.7. The van der Waals surface area contributed by atoms with Crippen LogP contribution in [0, 0.1) is 0 Å². The van der Waals surface area contributed by atoms with Gasteiger partial charge in [0.25, 0.3) is 0 Å². The van der Waals surface area contributed by atoms with E-state index in [2.05, 4.69) is 10.3 Å². The summed E-state index contributed by atoms with van der Waals surface area (Å²) >= 11 is 5.89. The van der Waals surface area contributed by atoms with Crippen LogP contribution >= 0.6 is 11.6 Å². The average Bonchev–Trinajstić information content (AvgIpc) is 2.79. The number of halogens is 4. The van der Waals surface area contributed by atoms with Gasteiger partial charge in [-0.25, -0.2) is 4.98 Å². The van der Waals surface area contributed by atoms with Gasteiger partial charge in [0.1, 0.15) is 5.69 Å². The number of anilines is 1. The van der Waals surface area contributed by atoms with Crippen LogP contribution < -0.4 is 10.2 Å². The van der Waals surface area contributed by atoms with Crippen LogP contribution in [0.5, 0.6) is 0 Å². The summed E-state index contributed by atoms with van der Waals surface area (Å²) in [6, 6.07) is 15.4. The number of rotatable bonds is 5. The highest BCUT2D eigenvalue weighted by Crippen LogP contribution is 2.36. The first-order valence-corrected chi connectivity index (χ1v) is 11.3. The van der Waals surface area contributed by atoms with E-state index in [9.17, 15) is 18.0 Å². The third-order valence-corrected chi connectivity index (χ3v) is 6.50. The van der Waals surface area contributed by atoms with Gasteiger partial charge < -0.3 is 10.2 Å². The van der Waals surface area contributed by atoms with Crippen molar-refractivity contribution in [1.29, 1.82) is 0 Å². The van der Waals surface area contributed by atoms with E-state index < -0.39 is 11.9 Å². The van der Waals surface area contributed by atoms with Gasteiger partial charge in [0.05, 0.1) is 11.9 Å². The molecular weight excluding hydrogens is 451 g/mol. The number of para-hydroxylation sites is 1. The highest BCUT2D eigenvalue weighted by molar-refractivity contribution is 6.30. The molecule has 3 aromatic rings. The van der Waals surface area contributed by atoms with Crippen molar-refractivity contribution in [3.8, 4) is 0 Å². The van der Waals surface area contributed by atoms with E-state index in [0.29, 0.717) is 28.0 Å². The summed E-state index contributed by atoms with van der Waals surface area (Å²) in [5, 5.41) is 4.42. The summed E-state index contributed by atoms with van der Waals surface area (Å²) in [6.07, 6.45) is -1.11. The molecule has 1 heterocycles. The smallest absolute Gasteiger partial charge is 0.371 e. The Hall–Kier alpha value is -2.80. The van der Waals surface area contributed by atoms with E-state index in [1.165, 1.54) is 0 Å². The van der Waals surface area contributed by atoms with Crippen molar-refractivity contribution in [1.82, 2.24) is 10.3 Å². The van der Waals surface area contributed by atoms with Crippen LogP contribution in [-0.2, 0) is 17.4 Å². The van der Waals surface area contributed by atoms with Crippen LogP contribution in [-0.4, -0.2) is 30.0 Å². The minimum atomic E-state index is -4.51. The Morgan fingerprint density at radius 1 is 1.09 bits per heavy atom. The van der Waals surface area contributed by atoms with Gasteiger partial charge in [-0.3, -0.25) is 4.79 Å². The van der Waals surface area contributed by atoms with Crippen LogP contribution in [0.3, 0.4) is 0 Å². The zero-order valence-electron chi connectivity index (χ0n) is 18.2. The molecule has 1 amide bonds. The summed E-state index contributed by atoms with van der Waals surface area (Å²) < 4.78 is 40.3. The number of nitrogens with zero attached hydrogens (tertiary/aromatic N) is 2. The number of aromatic nitrogens is 1. The van der Waals surface area contributed by atoms with Crippen LogP contribution in [0.1, 0.15) is 36.9 Å². The van der Waals surface area contributed by atoms with Crippen molar-refractivity contribution in [2.75, 3.05) is 11.9 Å². The molecule has 1 aromatic heterocycles. The monoisotopic (exact) mass is 475 g/mol. The lowest BCUT2D eigenvalue weighted by Gasteiger charge is -2.37. The minimum Gasteiger partial charge on any atom is -0.371 e. The van der Waals surface area contributed by atoms with Crippen LogP contribution in [0.15, 0.2) is 54.6 Å². The molecule has 33 heavy (non-hydrogen) atoms. The third kappa shape index (κ3) is 5.58. The fourth-order valence-electron chi connectivity index (χ4n) is 4.46. The van der Waals surface area contributed by atoms with E-state index in [1.54, 1.807) is 30.3 Å². The van der Waals surface area contributed by atoms with Crippen LogP contribution in [0.4, 0.5) is 18.9 Å². The minimum absolute atomic E-state index is 0.0379. The molecule has 1 aliphatic rings. The molecule has 4 nitrogen and oxygen atoms in total. The van der Waals surface area contributed by atoms with Gasteiger partial charge in [-0.1, -0.05) is 41.9 Å². The summed E-state index contributed by atoms with van der Waals surface area (Å²) in [6.45, 7) is 0.